The van der Waals surface area contributed by atoms with Crippen molar-refractivity contribution >= 4 is 44.6 Å². The summed E-state index contributed by atoms with van der Waals surface area (Å²) in [6.45, 7) is 12.2. The van der Waals surface area contributed by atoms with Gasteiger partial charge in [0.25, 0.3) is 15.9 Å². The van der Waals surface area contributed by atoms with Gasteiger partial charge in [0.05, 0.1) is 22.5 Å². The largest absolute Gasteiger partial charge is 0.443 e. The molecule has 226 valence electrons. The van der Waals surface area contributed by atoms with E-state index in [2.05, 4.69) is 30.5 Å². The first kappa shape index (κ1) is 30.0. The van der Waals surface area contributed by atoms with Crippen molar-refractivity contribution in [1.82, 2.24) is 19.3 Å². The van der Waals surface area contributed by atoms with Gasteiger partial charge in [-0.15, -0.1) is 0 Å². The monoisotopic (exact) mass is 604 g/mol. The highest BCUT2D eigenvalue weighted by atomic mass is 32.2. The number of carbonyl (C=O) groups excluding carboxylic acids is 2. The smallest absolute Gasteiger partial charge is 0.419 e. The van der Waals surface area contributed by atoms with Crippen LogP contribution in [0.4, 0.5) is 16.4 Å². The van der Waals surface area contributed by atoms with Crippen LogP contribution in [-0.2, 0) is 14.8 Å². The molecule has 0 aliphatic carbocycles. The Morgan fingerprint density at radius 2 is 1.81 bits per heavy atom. The summed E-state index contributed by atoms with van der Waals surface area (Å²) in [5.74, 6) is -0.482. The highest BCUT2D eigenvalue weighted by molar-refractivity contribution is 7.90. The number of pyridine rings is 2. The van der Waals surface area contributed by atoms with Gasteiger partial charge in [-0.05, 0) is 83.4 Å². The highest BCUT2D eigenvalue weighted by Gasteiger charge is 2.39. The summed E-state index contributed by atoms with van der Waals surface area (Å²) in [4.78, 5) is 37.6. The molecule has 1 aliphatic heterocycles. The Bertz CT molecular complexity index is 1840. The van der Waals surface area contributed by atoms with E-state index in [9.17, 15) is 18.0 Å². The third kappa shape index (κ3) is 5.92. The Kier molecular flexibility index (Phi) is 7.45. The Balaban J connectivity index is 1.65. The van der Waals surface area contributed by atoms with Crippen molar-refractivity contribution in [1.29, 1.82) is 0 Å². The number of hydrogen-bond donors (Lipinski definition) is 2. The van der Waals surface area contributed by atoms with Crippen molar-refractivity contribution in [2.45, 2.75) is 64.0 Å². The van der Waals surface area contributed by atoms with Crippen LogP contribution in [0.2, 0.25) is 0 Å². The minimum atomic E-state index is -4.33. The predicted octanol–water partition coefficient (Wildman–Crippen LogP) is 5.21. The Morgan fingerprint density at radius 3 is 2.47 bits per heavy atom. The number of benzene rings is 1. The maximum atomic E-state index is 13.6. The lowest BCUT2D eigenvalue weighted by Crippen LogP contribution is -2.41. The second kappa shape index (κ2) is 10.7. The number of para-hydroxylation sites is 1. The number of nitrogens with one attached hydrogen (secondary N) is 1. The van der Waals surface area contributed by atoms with Crippen molar-refractivity contribution < 1.29 is 22.7 Å². The van der Waals surface area contributed by atoms with E-state index in [0.29, 0.717) is 35.2 Å². The maximum absolute atomic E-state index is 13.6. The first-order chi connectivity index (χ1) is 20.1. The highest BCUT2D eigenvalue weighted by Crippen LogP contribution is 2.39. The molecule has 1 atom stereocenters. The van der Waals surface area contributed by atoms with Crippen molar-refractivity contribution in [3.63, 3.8) is 0 Å². The Labute approximate surface area is 251 Å². The van der Waals surface area contributed by atoms with Gasteiger partial charge >= 0.3 is 6.09 Å². The van der Waals surface area contributed by atoms with Crippen molar-refractivity contribution in [2.75, 3.05) is 17.2 Å². The van der Waals surface area contributed by atoms with E-state index in [-0.39, 0.29) is 21.8 Å². The Hall–Kier alpha value is -4.45. The molecule has 3 aromatic heterocycles. The lowest BCUT2D eigenvalue weighted by Gasteiger charge is -2.34. The van der Waals surface area contributed by atoms with Crippen molar-refractivity contribution in [3.05, 3.63) is 66.4 Å². The van der Waals surface area contributed by atoms with E-state index in [1.165, 1.54) is 29.0 Å². The quantitative estimate of drug-likeness (QED) is 0.313. The van der Waals surface area contributed by atoms with Crippen molar-refractivity contribution in [2.24, 2.45) is 5.92 Å². The van der Waals surface area contributed by atoms with E-state index < -0.39 is 27.6 Å². The summed E-state index contributed by atoms with van der Waals surface area (Å²) in [5, 5.41) is 0.809. The summed E-state index contributed by atoms with van der Waals surface area (Å²) in [6.07, 6.45) is 1.64. The first-order valence-electron chi connectivity index (χ1n) is 14.0. The topological polar surface area (TPSA) is 150 Å². The number of amides is 1. The number of nitrogen functional groups attached to an aromatic ring is 1. The minimum absolute atomic E-state index is 0.0666. The molecule has 5 rings (SSSR count). The number of ether oxygens (including phenoxy) is 1. The van der Waals surface area contributed by atoms with Crippen LogP contribution in [0.15, 0.2) is 65.7 Å². The van der Waals surface area contributed by atoms with Crippen LogP contribution in [0.1, 0.15) is 58.3 Å². The zero-order valence-corrected chi connectivity index (χ0v) is 25.9. The van der Waals surface area contributed by atoms with E-state index in [4.69, 9.17) is 15.5 Å². The van der Waals surface area contributed by atoms with Crippen LogP contribution in [-0.4, -0.2) is 52.6 Å². The van der Waals surface area contributed by atoms with Crippen LogP contribution in [0.25, 0.3) is 22.3 Å². The first-order valence-corrected chi connectivity index (χ1v) is 15.5. The molecule has 0 spiro atoms. The predicted molar refractivity (Wildman–Crippen MR) is 165 cm³/mol. The number of rotatable bonds is 5. The number of aromatic nitrogens is 3. The molecule has 11 nitrogen and oxygen atoms in total. The van der Waals surface area contributed by atoms with Crippen LogP contribution in [0, 0.1) is 5.92 Å². The lowest BCUT2D eigenvalue weighted by atomic mass is 9.97. The third-order valence-electron chi connectivity index (χ3n) is 7.31. The fraction of sp³-hybridized carbons (Fsp3) is 0.355. The molecule has 1 fully saturated rings. The summed E-state index contributed by atoms with van der Waals surface area (Å²) < 4.78 is 35.6. The maximum Gasteiger partial charge on any atom is 0.419 e. The van der Waals surface area contributed by atoms with Gasteiger partial charge in [0.2, 0.25) is 0 Å². The number of fused-ring (bicyclic) bond motifs is 1. The molecule has 0 saturated carbocycles. The van der Waals surface area contributed by atoms with Gasteiger partial charge in [-0.1, -0.05) is 25.1 Å². The molecule has 4 aromatic rings. The fourth-order valence-electron chi connectivity index (χ4n) is 5.64. The van der Waals surface area contributed by atoms with Gasteiger partial charge in [0.15, 0.2) is 0 Å². The lowest BCUT2D eigenvalue weighted by molar-refractivity contribution is 0.0547. The van der Waals surface area contributed by atoms with Crippen molar-refractivity contribution in [3.8, 4) is 11.4 Å². The number of carbonyl (C=O) groups is 2. The van der Waals surface area contributed by atoms with Gasteiger partial charge in [-0.25, -0.2) is 32.5 Å². The second-order valence-electron chi connectivity index (χ2n) is 12.5. The van der Waals surface area contributed by atoms with Gasteiger partial charge < -0.3 is 15.4 Å². The standard InChI is InChI=1S/C31H36N6O5S/c1-19-17-31(5,6)36(18-19)27-21(28(38)35-43(40,41)25-12-9-15-33-26(25)32)13-14-22(34-27)24-16-20-10-7-8-11-23(20)37(24)29(39)42-30(2,3)4/h7-16,19H,17-18H2,1-6H3,(H2,32,33)(H,35,38)/t19-/m0/s1. The summed E-state index contributed by atoms with van der Waals surface area (Å²) in [5.41, 5.74) is 6.28. The van der Waals surface area contributed by atoms with Crippen LogP contribution < -0.4 is 15.4 Å². The van der Waals surface area contributed by atoms with Gasteiger partial charge in [-0.2, -0.15) is 0 Å². The molecule has 1 aliphatic rings. The van der Waals surface area contributed by atoms with Gasteiger partial charge in [0.1, 0.15) is 22.1 Å². The molecule has 12 heteroatoms. The number of hydrogen-bond acceptors (Lipinski definition) is 9. The molecule has 43 heavy (non-hydrogen) atoms. The molecule has 1 aromatic carbocycles. The van der Waals surface area contributed by atoms with E-state index in [1.807, 2.05) is 35.2 Å². The number of nitrogens with two attached hydrogens (primary N) is 1. The number of sulfonamides is 1. The molecule has 0 bridgehead atoms. The average molecular weight is 605 g/mol. The molecule has 1 saturated heterocycles. The molecule has 0 radical (unpaired) electrons. The van der Waals surface area contributed by atoms with E-state index >= 15 is 0 Å². The summed E-state index contributed by atoms with van der Waals surface area (Å²) >= 11 is 0. The van der Waals surface area contributed by atoms with Crippen LogP contribution >= 0.6 is 0 Å². The van der Waals surface area contributed by atoms with Gasteiger partial charge in [0, 0.05) is 23.7 Å². The SMILES string of the molecule is C[C@@H]1CN(c2nc(-c3cc4ccccc4n3C(=O)OC(C)(C)C)ccc2C(=O)NS(=O)(=O)c2cccnc2N)C(C)(C)C1. The number of nitrogens with zero attached hydrogens (tertiary/aromatic N) is 4. The van der Waals surface area contributed by atoms with Gasteiger partial charge in [-0.3, -0.25) is 4.79 Å². The molecule has 1 amide bonds. The average Bonchev–Trinajstić information content (AvgIpc) is 3.43. The molecule has 0 unspecified atom stereocenters. The van der Waals surface area contributed by atoms with Crippen LogP contribution in [0.3, 0.4) is 0 Å². The van der Waals surface area contributed by atoms with E-state index in [1.54, 1.807) is 26.8 Å². The summed E-state index contributed by atoms with van der Waals surface area (Å²) in [6, 6.07) is 15.1. The zero-order valence-electron chi connectivity index (χ0n) is 25.1. The molecular formula is C31H36N6O5S. The van der Waals surface area contributed by atoms with E-state index in [0.717, 1.165) is 11.8 Å². The molecule has 3 N–H and O–H groups in total. The fourth-order valence-corrected chi connectivity index (χ4v) is 6.69. The second-order valence-corrected chi connectivity index (χ2v) is 14.2. The Morgan fingerprint density at radius 1 is 1.09 bits per heavy atom. The third-order valence-corrected chi connectivity index (χ3v) is 8.69. The normalized spacial score (nSPS) is 16.8. The van der Waals surface area contributed by atoms with Crippen LogP contribution in [0.5, 0.6) is 0 Å². The number of anilines is 2. The zero-order chi connectivity index (χ0) is 31.3. The molecule has 4 heterocycles. The summed E-state index contributed by atoms with van der Waals surface area (Å²) in [7, 11) is -4.33. The minimum Gasteiger partial charge on any atom is -0.443 e. The molecular weight excluding hydrogens is 568 g/mol.